The van der Waals surface area contributed by atoms with Crippen LogP contribution in [0.4, 0.5) is 0 Å². The Labute approximate surface area is 162 Å². The highest BCUT2D eigenvalue weighted by Gasteiger charge is 2.15. The lowest BCUT2D eigenvalue weighted by Gasteiger charge is -2.23. The Hall–Kier alpha value is -0.470. The number of rotatable bonds is 8. The number of guanidine groups is 1. The summed E-state index contributed by atoms with van der Waals surface area (Å²) >= 11 is 1.85. The highest BCUT2D eigenvalue weighted by atomic mass is 127. The van der Waals surface area contributed by atoms with Crippen molar-refractivity contribution >= 4 is 41.7 Å². The van der Waals surface area contributed by atoms with Crippen LogP contribution >= 0.6 is 35.7 Å². The zero-order valence-electron chi connectivity index (χ0n) is 14.8. The largest absolute Gasteiger partial charge is 0.380 e. The molecule has 0 bridgehead atoms. The van der Waals surface area contributed by atoms with Gasteiger partial charge in [0.1, 0.15) is 0 Å². The molecule has 1 rings (SSSR count). The first-order valence-electron chi connectivity index (χ1n) is 7.65. The maximum Gasteiger partial charge on any atom is 0.191 e. The van der Waals surface area contributed by atoms with Crippen LogP contribution in [0.2, 0.25) is 0 Å². The Balaban J connectivity index is 0.00000484. The second-order valence-electron chi connectivity index (χ2n) is 5.76. The molecule has 0 aliphatic rings. The number of nitrogens with zero attached hydrogens (tertiary/aromatic N) is 1. The number of methoxy groups -OCH3 is 1. The standard InChI is InChI=1S/C17H29N3OS.HI/c1-6-18-16(20-13-17(2,3)22-5)19-11-14-7-9-15(10-8-14)12-21-4;/h7-10H,6,11-13H2,1-5H3,(H2,18,19,20);1H. The van der Waals surface area contributed by atoms with Gasteiger partial charge in [0.25, 0.3) is 0 Å². The number of thioether (sulfide) groups is 1. The van der Waals surface area contributed by atoms with Crippen molar-refractivity contribution in [3.63, 3.8) is 0 Å². The van der Waals surface area contributed by atoms with Crippen LogP contribution in [-0.4, -0.2) is 37.2 Å². The van der Waals surface area contributed by atoms with Crippen molar-refractivity contribution in [3.05, 3.63) is 35.4 Å². The summed E-state index contributed by atoms with van der Waals surface area (Å²) in [6.07, 6.45) is 2.13. The number of hydrogen-bond acceptors (Lipinski definition) is 3. The predicted octanol–water partition coefficient (Wildman–Crippen LogP) is 3.65. The van der Waals surface area contributed by atoms with E-state index in [4.69, 9.17) is 4.74 Å². The zero-order chi connectivity index (χ0) is 16.4. The third kappa shape index (κ3) is 9.42. The Kier molecular flexibility index (Phi) is 11.7. The van der Waals surface area contributed by atoms with Gasteiger partial charge in [0.15, 0.2) is 5.96 Å². The summed E-state index contributed by atoms with van der Waals surface area (Å²) in [6.45, 7) is 9.59. The van der Waals surface area contributed by atoms with Crippen molar-refractivity contribution in [2.24, 2.45) is 4.99 Å². The molecule has 0 atom stereocenters. The molecule has 0 fully saturated rings. The fraction of sp³-hybridized carbons (Fsp3) is 0.588. The van der Waals surface area contributed by atoms with Gasteiger partial charge < -0.3 is 15.4 Å². The summed E-state index contributed by atoms with van der Waals surface area (Å²) in [4.78, 5) is 4.65. The molecule has 0 amide bonds. The molecule has 0 aliphatic heterocycles. The van der Waals surface area contributed by atoms with Crippen molar-refractivity contribution in [2.45, 2.75) is 38.7 Å². The van der Waals surface area contributed by atoms with Gasteiger partial charge in [-0.15, -0.1) is 24.0 Å². The zero-order valence-corrected chi connectivity index (χ0v) is 18.0. The molecule has 0 heterocycles. The molecule has 6 heteroatoms. The van der Waals surface area contributed by atoms with Gasteiger partial charge in [0.2, 0.25) is 0 Å². The Morgan fingerprint density at radius 3 is 2.30 bits per heavy atom. The number of hydrogen-bond donors (Lipinski definition) is 2. The molecular formula is C17H30IN3OS. The third-order valence-corrected chi connectivity index (χ3v) is 4.58. The van der Waals surface area contributed by atoms with Crippen LogP contribution in [0.3, 0.4) is 0 Å². The molecule has 0 radical (unpaired) electrons. The number of halogens is 1. The molecular weight excluding hydrogens is 421 g/mol. The fourth-order valence-corrected chi connectivity index (χ4v) is 2.00. The lowest BCUT2D eigenvalue weighted by molar-refractivity contribution is 0.185. The van der Waals surface area contributed by atoms with Crippen molar-refractivity contribution in [3.8, 4) is 0 Å². The number of ether oxygens (including phenoxy) is 1. The van der Waals surface area contributed by atoms with E-state index in [1.807, 2.05) is 11.8 Å². The summed E-state index contributed by atoms with van der Waals surface area (Å²) in [5.41, 5.74) is 2.38. The van der Waals surface area contributed by atoms with E-state index in [0.29, 0.717) is 13.2 Å². The maximum absolute atomic E-state index is 5.12. The van der Waals surface area contributed by atoms with Crippen molar-refractivity contribution in [2.75, 3.05) is 26.5 Å². The number of nitrogens with one attached hydrogen (secondary N) is 2. The van der Waals surface area contributed by atoms with Gasteiger partial charge in [-0.1, -0.05) is 24.3 Å². The van der Waals surface area contributed by atoms with Crippen molar-refractivity contribution in [1.29, 1.82) is 0 Å². The summed E-state index contributed by atoms with van der Waals surface area (Å²) in [5.74, 6) is 0.866. The van der Waals surface area contributed by atoms with Gasteiger partial charge in [-0.25, -0.2) is 4.99 Å². The smallest absolute Gasteiger partial charge is 0.191 e. The highest BCUT2D eigenvalue weighted by Crippen LogP contribution is 2.19. The van der Waals surface area contributed by atoms with Gasteiger partial charge >= 0.3 is 0 Å². The van der Waals surface area contributed by atoms with Crippen LogP contribution in [-0.2, 0) is 17.9 Å². The minimum absolute atomic E-state index is 0. The molecule has 0 aromatic heterocycles. The minimum atomic E-state index is 0. The van der Waals surface area contributed by atoms with Gasteiger partial charge in [0.05, 0.1) is 13.2 Å². The summed E-state index contributed by atoms with van der Waals surface area (Å²) in [7, 11) is 1.71. The molecule has 1 aromatic carbocycles. The van der Waals surface area contributed by atoms with E-state index in [1.165, 1.54) is 11.1 Å². The topological polar surface area (TPSA) is 45.7 Å². The third-order valence-electron chi connectivity index (χ3n) is 3.33. The molecule has 132 valence electrons. The Morgan fingerprint density at radius 1 is 1.17 bits per heavy atom. The maximum atomic E-state index is 5.12. The molecule has 4 nitrogen and oxygen atoms in total. The van der Waals surface area contributed by atoms with E-state index in [0.717, 1.165) is 19.0 Å². The molecule has 23 heavy (non-hydrogen) atoms. The summed E-state index contributed by atoms with van der Waals surface area (Å²) in [5, 5.41) is 6.70. The van der Waals surface area contributed by atoms with Gasteiger partial charge in [0, 0.05) is 24.9 Å². The first-order chi connectivity index (χ1) is 10.5. The molecule has 1 aromatic rings. The van der Waals surface area contributed by atoms with E-state index in [9.17, 15) is 0 Å². The van der Waals surface area contributed by atoms with E-state index in [2.05, 4.69) is 66.9 Å². The van der Waals surface area contributed by atoms with Gasteiger partial charge in [-0.2, -0.15) is 11.8 Å². The number of aliphatic imine (C=N–C) groups is 1. The van der Waals surface area contributed by atoms with Gasteiger partial charge in [-0.3, -0.25) is 0 Å². The fourth-order valence-electron chi connectivity index (χ4n) is 1.79. The minimum Gasteiger partial charge on any atom is -0.380 e. The lowest BCUT2D eigenvalue weighted by Crippen LogP contribution is -2.43. The second kappa shape index (κ2) is 12.0. The predicted molar refractivity (Wildman–Crippen MR) is 113 cm³/mol. The van der Waals surface area contributed by atoms with E-state index in [-0.39, 0.29) is 28.7 Å². The van der Waals surface area contributed by atoms with E-state index in [1.54, 1.807) is 7.11 Å². The van der Waals surface area contributed by atoms with E-state index >= 15 is 0 Å². The van der Waals surface area contributed by atoms with Crippen LogP contribution in [0.15, 0.2) is 29.3 Å². The monoisotopic (exact) mass is 451 g/mol. The lowest BCUT2D eigenvalue weighted by atomic mass is 10.1. The molecule has 0 spiro atoms. The van der Waals surface area contributed by atoms with Crippen molar-refractivity contribution < 1.29 is 4.74 Å². The van der Waals surface area contributed by atoms with Crippen LogP contribution in [0, 0.1) is 0 Å². The Bertz CT molecular complexity index is 463. The normalized spacial score (nSPS) is 11.8. The summed E-state index contributed by atoms with van der Waals surface area (Å²) < 4.78 is 5.32. The highest BCUT2D eigenvalue weighted by molar-refractivity contribution is 14.0. The first-order valence-corrected chi connectivity index (χ1v) is 8.87. The quantitative estimate of drug-likeness (QED) is 0.360. The van der Waals surface area contributed by atoms with E-state index < -0.39 is 0 Å². The van der Waals surface area contributed by atoms with Crippen LogP contribution in [0.1, 0.15) is 31.9 Å². The molecule has 0 saturated carbocycles. The van der Waals surface area contributed by atoms with Crippen molar-refractivity contribution in [1.82, 2.24) is 10.6 Å². The first kappa shape index (κ1) is 22.5. The SMILES string of the molecule is CCNC(=NCc1ccc(COC)cc1)NCC(C)(C)SC.I. The summed E-state index contributed by atoms with van der Waals surface area (Å²) in [6, 6.07) is 8.39. The molecule has 2 N–H and O–H groups in total. The molecule has 0 saturated heterocycles. The Morgan fingerprint density at radius 2 is 1.78 bits per heavy atom. The second-order valence-corrected chi connectivity index (χ2v) is 7.28. The molecule has 0 unspecified atom stereocenters. The average molecular weight is 451 g/mol. The molecule has 0 aliphatic carbocycles. The van der Waals surface area contributed by atoms with Crippen LogP contribution in [0.25, 0.3) is 0 Å². The number of benzene rings is 1. The van der Waals surface area contributed by atoms with Crippen LogP contribution < -0.4 is 10.6 Å². The van der Waals surface area contributed by atoms with Crippen LogP contribution in [0.5, 0.6) is 0 Å². The van der Waals surface area contributed by atoms with Gasteiger partial charge in [-0.05, 0) is 38.2 Å². The average Bonchev–Trinajstić information content (AvgIpc) is 2.52.